The van der Waals surface area contributed by atoms with E-state index in [-0.39, 0.29) is 11.9 Å². The number of amides is 2. The number of hydrogen-bond donors (Lipinski definition) is 3. The summed E-state index contributed by atoms with van der Waals surface area (Å²) in [5.41, 5.74) is 5.16. The lowest BCUT2D eigenvalue weighted by Gasteiger charge is -2.42. The largest absolute Gasteiger partial charge is 0.409 e. The van der Waals surface area contributed by atoms with E-state index in [4.69, 9.17) is 10.9 Å². The summed E-state index contributed by atoms with van der Waals surface area (Å²) < 4.78 is 0. The Hall–Kier alpha value is -1.50. The minimum Gasteiger partial charge on any atom is -0.409 e. The smallest absolute Gasteiger partial charge is 0.318 e. The highest BCUT2D eigenvalue weighted by molar-refractivity contribution is 5.93. The molecule has 0 spiro atoms. The lowest BCUT2D eigenvalue weighted by molar-refractivity contribution is 0.150. The van der Waals surface area contributed by atoms with Crippen LogP contribution in [0.1, 0.15) is 32.6 Å². The summed E-state index contributed by atoms with van der Waals surface area (Å²) in [5.74, 6) is 0.782. The fraction of sp³-hybridized carbons (Fsp3) is 0.857. The maximum Gasteiger partial charge on any atom is 0.318 e. The molecular weight excluding hydrogens is 270 g/mol. The van der Waals surface area contributed by atoms with Crippen molar-refractivity contribution in [3.63, 3.8) is 0 Å². The first kappa shape index (κ1) is 15.9. The fourth-order valence-electron chi connectivity index (χ4n) is 3.04. The Kier molecular flexibility index (Phi) is 4.92. The van der Waals surface area contributed by atoms with Gasteiger partial charge in [-0.15, -0.1) is 0 Å². The van der Waals surface area contributed by atoms with Crippen LogP contribution in [0.3, 0.4) is 0 Å². The summed E-state index contributed by atoms with van der Waals surface area (Å²) in [6.07, 6.45) is 3.39. The van der Waals surface area contributed by atoms with E-state index in [1.165, 1.54) is 0 Å². The maximum absolute atomic E-state index is 12.5. The summed E-state index contributed by atoms with van der Waals surface area (Å²) in [6.45, 7) is 5.39. The number of oxime groups is 1. The molecule has 0 bridgehead atoms. The molecule has 0 atom stereocenters. The molecule has 7 nitrogen and oxygen atoms in total. The lowest BCUT2D eigenvalue weighted by atomic mass is 9.86. The first-order valence-corrected chi connectivity index (χ1v) is 7.70. The minimum atomic E-state index is -0.721. The highest BCUT2D eigenvalue weighted by Crippen LogP contribution is 2.23. The second-order valence-corrected chi connectivity index (χ2v) is 6.47. The number of carbonyl (C=O) groups excluding carboxylic acids is 1. The zero-order chi connectivity index (χ0) is 15.5. The van der Waals surface area contributed by atoms with Gasteiger partial charge in [0.05, 0.1) is 0 Å². The standard InChI is InChI=1S/C14H27N5O2/c1-11-3-7-19(8-4-11)13(20)16-14(12(15)17-21)5-9-18(2)10-6-14/h11,21H,3-10H2,1-2H3,(H2,15,17)(H,16,20). The molecule has 120 valence electrons. The van der Waals surface area contributed by atoms with Crippen LogP contribution in [0.25, 0.3) is 0 Å². The number of amidine groups is 1. The third kappa shape index (κ3) is 3.58. The van der Waals surface area contributed by atoms with E-state index < -0.39 is 5.54 Å². The van der Waals surface area contributed by atoms with Crippen molar-refractivity contribution in [2.24, 2.45) is 16.8 Å². The van der Waals surface area contributed by atoms with Gasteiger partial charge >= 0.3 is 6.03 Å². The second-order valence-electron chi connectivity index (χ2n) is 6.47. The van der Waals surface area contributed by atoms with Crippen molar-refractivity contribution in [3.05, 3.63) is 0 Å². The van der Waals surface area contributed by atoms with Crippen LogP contribution in [-0.4, -0.2) is 65.6 Å². The van der Waals surface area contributed by atoms with Crippen molar-refractivity contribution >= 4 is 11.9 Å². The van der Waals surface area contributed by atoms with Gasteiger partial charge in [-0.25, -0.2) is 4.79 Å². The van der Waals surface area contributed by atoms with Crippen LogP contribution in [0.15, 0.2) is 5.16 Å². The molecule has 2 heterocycles. The zero-order valence-electron chi connectivity index (χ0n) is 13.0. The van der Waals surface area contributed by atoms with Gasteiger partial charge in [-0.05, 0) is 38.6 Å². The number of nitrogens with zero attached hydrogens (tertiary/aromatic N) is 3. The van der Waals surface area contributed by atoms with Gasteiger partial charge in [0.1, 0.15) is 5.54 Å². The molecule has 4 N–H and O–H groups in total. The molecule has 0 saturated carbocycles. The molecule has 2 saturated heterocycles. The van der Waals surface area contributed by atoms with Crippen LogP contribution in [0.5, 0.6) is 0 Å². The molecule has 2 amide bonds. The van der Waals surface area contributed by atoms with Crippen molar-refractivity contribution in [2.75, 3.05) is 33.2 Å². The molecule has 0 aliphatic carbocycles. The highest BCUT2D eigenvalue weighted by atomic mass is 16.4. The van der Waals surface area contributed by atoms with Gasteiger partial charge in [0, 0.05) is 26.2 Å². The first-order valence-electron chi connectivity index (χ1n) is 7.70. The van der Waals surface area contributed by atoms with Crippen molar-refractivity contribution < 1.29 is 10.0 Å². The van der Waals surface area contributed by atoms with Crippen molar-refractivity contribution in [1.82, 2.24) is 15.1 Å². The normalized spacial score (nSPS) is 24.9. The average Bonchev–Trinajstić information content (AvgIpc) is 2.49. The highest BCUT2D eigenvalue weighted by Gasteiger charge is 2.40. The van der Waals surface area contributed by atoms with E-state index in [0.29, 0.717) is 18.8 Å². The van der Waals surface area contributed by atoms with Gasteiger partial charge in [0.25, 0.3) is 0 Å². The van der Waals surface area contributed by atoms with E-state index in [0.717, 1.165) is 39.0 Å². The molecule has 2 fully saturated rings. The van der Waals surface area contributed by atoms with Crippen molar-refractivity contribution in [1.29, 1.82) is 0 Å². The molecule has 0 unspecified atom stereocenters. The maximum atomic E-state index is 12.5. The number of carbonyl (C=O) groups is 1. The Morgan fingerprint density at radius 1 is 1.29 bits per heavy atom. The number of hydrogen-bond acceptors (Lipinski definition) is 4. The average molecular weight is 297 g/mol. The zero-order valence-corrected chi connectivity index (χ0v) is 13.0. The summed E-state index contributed by atoms with van der Waals surface area (Å²) in [6, 6.07) is -0.0990. The number of nitrogens with two attached hydrogens (primary N) is 1. The number of rotatable bonds is 2. The molecule has 0 aromatic heterocycles. The number of piperidine rings is 2. The quantitative estimate of drug-likeness (QED) is 0.302. The fourth-order valence-corrected chi connectivity index (χ4v) is 3.04. The van der Waals surface area contributed by atoms with Crippen LogP contribution in [0, 0.1) is 5.92 Å². The van der Waals surface area contributed by atoms with Crippen molar-refractivity contribution in [2.45, 2.75) is 38.1 Å². The van der Waals surface area contributed by atoms with Gasteiger partial charge in [0.2, 0.25) is 0 Å². The number of likely N-dealkylation sites (tertiary alicyclic amines) is 2. The van der Waals surface area contributed by atoms with Crippen LogP contribution >= 0.6 is 0 Å². The molecule has 0 aromatic rings. The number of urea groups is 1. The Balaban J connectivity index is 2.03. The third-order valence-electron chi connectivity index (χ3n) is 4.86. The predicted molar refractivity (Wildman–Crippen MR) is 81.4 cm³/mol. The molecular formula is C14H27N5O2. The molecule has 2 aliphatic heterocycles. The molecule has 0 radical (unpaired) electrons. The van der Waals surface area contributed by atoms with Gasteiger partial charge < -0.3 is 26.1 Å². The van der Waals surface area contributed by atoms with E-state index in [1.54, 1.807) is 0 Å². The predicted octanol–water partition coefficient (Wildman–Crippen LogP) is 0.639. The van der Waals surface area contributed by atoms with Gasteiger partial charge in [-0.3, -0.25) is 0 Å². The monoisotopic (exact) mass is 297 g/mol. The Bertz CT molecular complexity index is 396. The van der Waals surface area contributed by atoms with Crippen LogP contribution in [0.2, 0.25) is 0 Å². The molecule has 7 heteroatoms. The molecule has 0 aromatic carbocycles. The topological polar surface area (TPSA) is 94.2 Å². The lowest BCUT2D eigenvalue weighted by Crippen LogP contribution is -2.64. The van der Waals surface area contributed by atoms with Gasteiger partial charge in [-0.2, -0.15) is 0 Å². The second kappa shape index (κ2) is 6.51. The van der Waals surface area contributed by atoms with Gasteiger partial charge in [-0.1, -0.05) is 12.1 Å². The summed E-state index contributed by atoms with van der Waals surface area (Å²) >= 11 is 0. The minimum absolute atomic E-state index is 0.0990. The van der Waals surface area contributed by atoms with E-state index in [2.05, 4.69) is 22.3 Å². The third-order valence-corrected chi connectivity index (χ3v) is 4.86. The SMILES string of the molecule is CC1CCN(C(=O)NC2(C(N)=NO)CCN(C)CC2)CC1. The summed E-state index contributed by atoms with van der Waals surface area (Å²) in [7, 11) is 2.03. The Morgan fingerprint density at radius 2 is 1.86 bits per heavy atom. The molecule has 21 heavy (non-hydrogen) atoms. The van der Waals surface area contributed by atoms with Crippen molar-refractivity contribution in [3.8, 4) is 0 Å². The van der Waals surface area contributed by atoms with Crippen LogP contribution < -0.4 is 11.1 Å². The molecule has 2 aliphatic rings. The van der Waals surface area contributed by atoms with E-state index in [9.17, 15) is 4.79 Å². The van der Waals surface area contributed by atoms with Crippen LogP contribution in [-0.2, 0) is 0 Å². The summed E-state index contributed by atoms with van der Waals surface area (Å²) in [4.78, 5) is 16.5. The van der Waals surface area contributed by atoms with Crippen LogP contribution in [0.4, 0.5) is 4.79 Å². The van der Waals surface area contributed by atoms with E-state index in [1.807, 2.05) is 11.9 Å². The Labute approximate surface area is 126 Å². The van der Waals surface area contributed by atoms with E-state index >= 15 is 0 Å². The van der Waals surface area contributed by atoms with Gasteiger partial charge in [0.15, 0.2) is 5.84 Å². The summed E-state index contributed by atoms with van der Waals surface area (Å²) in [5, 5.41) is 15.3. The Morgan fingerprint density at radius 3 is 2.38 bits per heavy atom. The molecule has 2 rings (SSSR count). The number of nitrogens with one attached hydrogen (secondary N) is 1. The first-order chi connectivity index (χ1) is 9.97.